The van der Waals surface area contributed by atoms with Crippen molar-refractivity contribution in [3.8, 4) is 34.3 Å². The van der Waals surface area contributed by atoms with E-state index in [9.17, 15) is 4.79 Å². The number of methoxy groups -OCH3 is 1. The van der Waals surface area contributed by atoms with Gasteiger partial charge in [-0.2, -0.15) is 4.98 Å². The van der Waals surface area contributed by atoms with E-state index in [1.165, 1.54) is 7.11 Å². The molecule has 0 amide bonds. The first-order chi connectivity index (χ1) is 12.1. The Morgan fingerprint density at radius 2 is 2.00 bits per heavy atom. The Bertz CT molecular complexity index is 904. The van der Waals surface area contributed by atoms with Crippen LogP contribution in [0.15, 0.2) is 47.0 Å². The van der Waals surface area contributed by atoms with Gasteiger partial charge in [0.25, 0.3) is 5.89 Å². The van der Waals surface area contributed by atoms with E-state index in [1.54, 1.807) is 18.2 Å². The van der Waals surface area contributed by atoms with Crippen LogP contribution in [0.5, 0.6) is 11.5 Å². The molecule has 0 aliphatic carbocycles. The van der Waals surface area contributed by atoms with Crippen LogP contribution in [0.25, 0.3) is 22.8 Å². The maximum Gasteiger partial charge on any atom is 0.341 e. The monoisotopic (exact) mass is 340 g/mol. The van der Waals surface area contributed by atoms with E-state index < -0.39 is 12.6 Å². The van der Waals surface area contributed by atoms with Gasteiger partial charge in [0.2, 0.25) is 5.82 Å². The first-order valence-corrected chi connectivity index (χ1v) is 7.50. The molecule has 0 spiro atoms. The summed E-state index contributed by atoms with van der Waals surface area (Å²) in [6.07, 6.45) is 0. The van der Waals surface area contributed by atoms with Crippen molar-refractivity contribution in [2.24, 2.45) is 0 Å². The Morgan fingerprint density at radius 3 is 2.72 bits per heavy atom. The number of carbonyl (C=O) groups is 1. The zero-order valence-electron chi connectivity index (χ0n) is 13.7. The summed E-state index contributed by atoms with van der Waals surface area (Å²) in [6, 6.07) is 12.8. The van der Waals surface area contributed by atoms with E-state index >= 15 is 0 Å². The van der Waals surface area contributed by atoms with Crippen molar-refractivity contribution in [3.05, 3.63) is 48.0 Å². The molecule has 1 N–H and O–H groups in total. The number of hydrogen-bond donors (Lipinski definition) is 1. The second kappa shape index (κ2) is 7.04. The predicted molar refractivity (Wildman–Crippen MR) is 89.6 cm³/mol. The van der Waals surface area contributed by atoms with Gasteiger partial charge in [0.05, 0.1) is 7.11 Å². The molecule has 0 aliphatic rings. The lowest BCUT2D eigenvalue weighted by molar-refractivity contribution is -0.139. The van der Waals surface area contributed by atoms with Crippen LogP contribution in [-0.4, -0.2) is 34.9 Å². The van der Waals surface area contributed by atoms with Crippen LogP contribution in [0.4, 0.5) is 0 Å². The van der Waals surface area contributed by atoms with Crippen molar-refractivity contribution in [2.75, 3.05) is 13.7 Å². The van der Waals surface area contributed by atoms with Crippen LogP contribution in [0.3, 0.4) is 0 Å². The molecular formula is C18H16N2O5. The van der Waals surface area contributed by atoms with Gasteiger partial charge in [-0.05, 0) is 37.3 Å². The lowest BCUT2D eigenvalue weighted by Crippen LogP contribution is -2.10. The minimum absolute atomic E-state index is 0.330. The molecule has 128 valence electrons. The number of aliphatic carboxylic acids is 1. The number of nitrogens with zero attached hydrogens (tertiary/aromatic N) is 2. The normalized spacial score (nSPS) is 10.5. The van der Waals surface area contributed by atoms with Gasteiger partial charge in [-0.3, -0.25) is 0 Å². The first-order valence-electron chi connectivity index (χ1n) is 7.50. The second-order valence-electron chi connectivity index (χ2n) is 5.34. The molecule has 1 heterocycles. The van der Waals surface area contributed by atoms with Crippen LogP contribution < -0.4 is 9.47 Å². The van der Waals surface area contributed by atoms with E-state index in [2.05, 4.69) is 10.1 Å². The van der Waals surface area contributed by atoms with Crippen molar-refractivity contribution in [1.82, 2.24) is 10.1 Å². The number of carboxylic acid groups (broad SMARTS) is 1. The van der Waals surface area contributed by atoms with E-state index in [1.807, 2.05) is 31.2 Å². The molecule has 1 aromatic heterocycles. The van der Waals surface area contributed by atoms with Gasteiger partial charge in [-0.25, -0.2) is 4.79 Å². The van der Waals surface area contributed by atoms with Gasteiger partial charge >= 0.3 is 5.97 Å². The van der Waals surface area contributed by atoms with Crippen LogP contribution >= 0.6 is 0 Å². The van der Waals surface area contributed by atoms with Gasteiger partial charge in [0, 0.05) is 11.1 Å². The summed E-state index contributed by atoms with van der Waals surface area (Å²) < 4.78 is 15.8. The molecule has 2 aromatic carbocycles. The standard InChI is InChI=1S/C18H16N2O5/c1-11-4-3-5-13(8-11)18-19-17(20-25-18)12-6-7-14(15(9-12)23-2)24-10-16(21)22/h3-9H,10H2,1-2H3,(H,21,22). The molecule has 0 fully saturated rings. The zero-order valence-corrected chi connectivity index (χ0v) is 13.7. The molecule has 0 radical (unpaired) electrons. The summed E-state index contributed by atoms with van der Waals surface area (Å²) in [4.78, 5) is 15.0. The summed E-state index contributed by atoms with van der Waals surface area (Å²) in [5.41, 5.74) is 2.60. The average Bonchev–Trinajstić information content (AvgIpc) is 3.10. The Morgan fingerprint density at radius 1 is 1.16 bits per heavy atom. The van der Waals surface area contributed by atoms with Gasteiger partial charge in [0.15, 0.2) is 18.1 Å². The fourth-order valence-corrected chi connectivity index (χ4v) is 2.30. The third-order valence-electron chi connectivity index (χ3n) is 3.46. The van der Waals surface area contributed by atoms with Gasteiger partial charge in [-0.1, -0.05) is 22.9 Å². The number of hydrogen-bond acceptors (Lipinski definition) is 6. The topological polar surface area (TPSA) is 94.7 Å². The minimum atomic E-state index is -1.06. The third kappa shape index (κ3) is 3.77. The second-order valence-corrected chi connectivity index (χ2v) is 5.34. The number of aryl methyl sites for hydroxylation is 1. The SMILES string of the molecule is COc1cc(-c2noc(-c3cccc(C)c3)n2)ccc1OCC(=O)O. The van der Waals surface area contributed by atoms with Crippen molar-refractivity contribution in [2.45, 2.75) is 6.92 Å². The van der Waals surface area contributed by atoms with Gasteiger partial charge in [-0.15, -0.1) is 0 Å². The first kappa shape index (κ1) is 16.5. The highest BCUT2D eigenvalue weighted by molar-refractivity contribution is 5.69. The number of aromatic nitrogens is 2. The largest absolute Gasteiger partial charge is 0.493 e. The maximum absolute atomic E-state index is 10.6. The van der Waals surface area contributed by atoms with Crippen molar-refractivity contribution >= 4 is 5.97 Å². The number of rotatable bonds is 6. The average molecular weight is 340 g/mol. The highest BCUT2D eigenvalue weighted by Crippen LogP contribution is 2.32. The van der Waals surface area contributed by atoms with E-state index in [-0.39, 0.29) is 0 Å². The Kier molecular flexibility index (Phi) is 4.65. The highest BCUT2D eigenvalue weighted by atomic mass is 16.5. The minimum Gasteiger partial charge on any atom is -0.493 e. The lowest BCUT2D eigenvalue weighted by Gasteiger charge is -2.09. The molecule has 7 nitrogen and oxygen atoms in total. The third-order valence-corrected chi connectivity index (χ3v) is 3.46. The maximum atomic E-state index is 10.6. The molecule has 0 atom stereocenters. The molecule has 0 unspecified atom stereocenters. The van der Waals surface area contributed by atoms with Gasteiger partial charge < -0.3 is 19.1 Å². The summed E-state index contributed by atoms with van der Waals surface area (Å²) in [5, 5.41) is 12.7. The van der Waals surface area contributed by atoms with Crippen molar-refractivity contribution in [3.63, 3.8) is 0 Å². The van der Waals surface area contributed by atoms with E-state index in [4.69, 9.17) is 19.1 Å². The summed E-state index contributed by atoms with van der Waals surface area (Å²) in [5.74, 6) is 0.479. The molecule has 25 heavy (non-hydrogen) atoms. The molecule has 0 saturated carbocycles. The van der Waals surface area contributed by atoms with Gasteiger partial charge in [0.1, 0.15) is 0 Å². The lowest BCUT2D eigenvalue weighted by atomic mass is 10.1. The molecule has 0 aliphatic heterocycles. The van der Waals surface area contributed by atoms with Crippen LogP contribution in [0, 0.1) is 6.92 Å². The number of carboxylic acids is 1. The highest BCUT2D eigenvalue weighted by Gasteiger charge is 2.14. The Balaban J connectivity index is 1.88. The summed E-state index contributed by atoms with van der Waals surface area (Å²) >= 11 is 0. The number of ether oxygens (including phenoxy) is 2. The molecular weight excluding hydrogens is 324 g/mol. The molecule has 3 rings (SSSR count). The summed E-state index contributed by atoms with van der Waals surface area (Å²) in [6.45, 7) is 1.54. The number of benzene rings is 2. The Hall–Kier alpha value is -3.35. The molecule has 3 aromatic rings. The van der Waals surface area contributed by atoms with E-state index in [0.29, 0.717) is 28.8 Å². The molecule has 0 saturated heterocycles. The predicted octanol–water partition coefficient (Wildman–Crippen LogP) is 3.18. The van der Waals surface area contributed by atoms with Crippen molar-refractivity contribution < 1.29 is 23.9 Å². The quantitative estimate of drug-likeness (QED) is 0.736. The summed E-state index contributed by atoms with van der Waals surface area (Å²) in [7, 11) is 1.47. The molecule has 0 bridgehead atoms. The van der Waals surface area contributed by atoms with Crippen LogP contribution in [-0.2, 0) is 4.79 Å². The smallest absolute Gasteiger partial charge is 0.341 e. The zero-order chi connectivity index (χ0) is 17.8. The van der Waals surface area contributed by atoms with E-state index in [0.717, 1.165) is 11.1 Å². The van der Waals surface area contributed by atoms with Crippen LogP contribution in [0.1, 0.15) is 5.56 Å². The fraction of sp³-hybridized carbons (Fsp3) is 0.167. The van der Waals surface area contributed by atoms with Crippen LogP contribution in [0.2, 0.25) is 0 Å². The Labute approximate surface area is 143 Å². The van der Waals surface area contributed by atoms with Crippen molar-refractivity contribution in [1.29, 1.82) is 0 Å². The molecule has 7 heteroatoms. The fourth-order valence-electron chi connectivity index (χ4n) is 2.30.